The summed E-state index contributed by atoms with van der Waals surface area (Å²) in [6.07, 6.45) is 1.63. The fraction of sp³-hybridized carbons (Fsp3) is 0. The van der Waals surface area contributed by atoms with Crippen LogP contribution in [0.4, 0.5) is 0 Å². The van der Waals surface area contributed by atoms with Gasteiger partial charge >= 0.3 is 5.97 Å². The van der Waals surface area contributed by atoms with Crippen molar-refractivity contribution < 1.29 is 45.4 Å². The molecule has 10 nitrogen and oxygen atoms in total. The van der Waals surface area contributed by atoms with Crippen LogP contribution in [0.15, 0.2) is 70.5 Å². The summed E-state index contributed by atoms with van der Waals surface area (Å²) in [4.78, 5) is 21.1. The molecule has 12 heteroatoms. The van der Waals surface area contributed by atoms with E-state index in [-0.39, 0.29) is 28.0 Å². The predicted molar refractivity (Wildman–Crippen MR) is 108 cm³/mol. The second-order valence-corrected chi connectivity index (χ2v) is 9.11. The van der Waals surface area contributed by atoms with E-state index in [1.165, 1.54) is 24.3 Å². The average Bonchev–Trinajstić information content (AvgIpc) is 2.72. The van der Waals surface area contributed by atoms with Gasteiger partial charge in [0.15, 0.2) is 5.75 Å². The Kier molecular flexibility index (Phi) is 6.14. The molecule has 0 amide bonds. The molecule has 0 heterocycles. The van der Waals surface area contributed by atoms with Crippen molar-refractivity contribution in [2.45, 2.75) is 9.79 Å². The Bertz CT molecular complexity index is 1420. The van der Waals surface area contributed by atoms with Gasteiger partial charge in [0, 0.05) is 28.8 Å². The average molecular weight is 476 g/mol. The molecule has 32 heavy (non-hydrogen) atoms. The summed E-state index contributed by atoms with van der Waals surface area (Å²) in [6.45, 7) is 0. The van der Waals surface area contributed by atoms with E-state index >= 15 is 0 Å². The van der Waals surface area contributed by atoms with Crippen molar-refractivity contribution in [3.63, 3.8) is 0 Å². The van der Waals surface area contributed by atoms with Gasteiger partial charge in [-0.1, -0.05) is 12.1 Å². The van der Waals surface area contributed by atoms with Crippen molar-refractivity contribution in [1.82, 2.24) is 0 Å². The molecule has 0 aliphatic heterocycles. The Morgan fingerprint density at radius 2 is 1.31 bits per heavy atom. The van der Waals surface area contributed by atoms with Crippen LogP contribution in [0.25, 0.3) is 11.1 Å². The highest BCUT2D eigenvalue weighted by atomic mass is 32.2. The van der Waals surface area contributed by atoms with E-state index in [0.29, 0.717) is 6.07 Å². The molecule has 0 aromatic heterocycles. The monoisotopic (exact) mass is 476 g/mol. The maximum absolute atomic E-state index is 12.3. The zero-order chi connectivity index (χ0) is 23.7. The lowest BCUT2D eigenvalue weighted by Gasteiger charge is -2.13. The van der Waals surface area contributed by atoms with Gasteiger partial charge in [0.2, 0.25) is 6.29 Å². The number of hydrogen-bond donors (Lipinski definition) is 2. The van der Waals surface area contributed by atoms with Gasteiger partial charge in [-0.2, -0.15) is 16.8 Å². The first-order valence-corrected chi connectivity index (χ1v) is 11.4. The third kappa shape index (κ3) is 5.00. The molecular formula is C20H12O10S2. The van der Waals surface area contributed by atoms with Crippen LogP contribution >= 0.6 is 0 Å². The maximum atomic E-state index is 12.3. The third-order valence-electron chi connectivity index (χ3n) is 4.20. The molecule has 3 rings (SSSR count). The van der Waals surface area contributed by atoms with E-state index in [9.17, 15) is 40.6 Å². The largest absolute Gasteiger partial charge is 0.423 e. The lowest BCUT2D eigenvalue weighted by atomic mass is 10.1. The van der Waals surface area contributed by atoms with Gasteiger partial charge in [-0.05, 0) is 36.4 Å². The Hall–Kier alpha value is -3.58. The fourth-order valence-electron chi connectivity index (χ4n) is 2.78. The van der Waals surface area contributed by atoms with Gasteiger partial charge in [0.1, 0.15) is 15.5 Å². The third-order valence-corrected chi connectivity index (χ3v) is 5.99. The molecule has 3 aromatic rings. The van der Waals surface area contributed by atoms with Crippen LogP contribution in [0.1, 0.15) is 15.9 Å². The van der Waals surface area contributed by atoms with Gasteiger partial charge in [-0.3, -0.25) is 19.0 Å². The number of hydrogen-bond acceptors (Lipinski definition) is 7. The zero-order valence-electron chi connectivity index (χ0n) is 15.8. The number of rotatable bonds is 6. The minimum absolute atomic E-state index is 0.0289. The van der Waals surface area contributed by atoms with Crippen molar-refractivity contribution in [3.8, 4) is 22.6 Å². The molecule has 3 aromatic carbocycles. The Labute approximate surface area is 182 Å². The fourth-order valence-corrected chi connectivity index (χ4v) is 4.22. The highest BCUT2D eigenvalue weighted by Crippen LogP contribution is 2.36. The highest BCUT2D eigenvalue weighted by Gasteiger charge is 2.25. The van der Waals surface area contributed by atoms with Crippen LogP contribution in [0.2, 0.25) is 0 Å². The minimum atomic E-state index is -4.97. The van der Waals surface area contributed by atoms with Gasteiger partial charge in [0.25, 0.3) is 20.2 Å². The maximum Gasteiger partial charge on any atom is 0.343 e. The molecule has 0 aliphatic carbocycles. The highest BCUT2D eigenvalue weighted by molar-refractivity contribution is 7.86. The summed E-state index contributed by atoms with van der Waals surface area (Å²) in [5.74, 6) is -1.99. The predicted octanol–water partition coefficient (Wildman–Crippen LogP) is 2.67. The molecule has 0 aliphatic rings. The first-order chi connectivity index (χ1) is 14.9. The number of benzene rings is 3. The molecule has 0 saturated heterocycles. The van der Waals surface area contributed by atoms with Gasteiger partial charge in [0.05, 0.1) is 5.56 Å². The first kappa shape index (κ1) is 23.1. The summed E-state index contributed by atoms with van der Waals surface area (Å²) in [5.41, 5.74) is -0.524. The second-order valence-electron chi connectivity index (χ2n) is 6.33. The van der Waals surface area contributed by atoms with Gasteiger partial charge in [-0.15, -0.1) is 0 Å². The molecule has 164 valence electrons. The van der Waals surface area contributed by atoms with Crippen LogP contribution in [0.5, 0.6) is 11.5 Å². The number of carbonyl (C=O) groups excluding carboxylic acids is 2. The SMILES string of the molecule is [O]c1ccc(-c2ccc(OC(=O)c3ccc([C]=O)cc3)cc2S(=O)(=O)O)c(S(=O)(=O)O)c1. The minimum Gasteiger partial charge on any atom is -0.423 e. The van der Waals surface area contributed by atoms with Crippen molar-refractivity contribution in [2.24, 2.45) is 0 Å². The van der Waals surface area contributed by atoms with Gasteiger partial charge < -0.3 is 4.74 Å². The molecular weight excluding hydrogens is 464 g/mol. The van der Waals surface area contributed by atoms with E-state index < -0.39 is 41.7 Å². The summed E-state index contributed by atoms with van der Waals surface area (Å²) < 4.78 is 71.3. The molecule has 2 radical (unpaired) electrons. The van der Waals surface area contributed by atoms with Crippen LogP contribution in [0.3, 0.4) is 0 Å². The van der Waals surface area contributed by atoms with Crippen LogP contribution in [-0.2, 0) is 30.1 Å². The van der Waals surface area contributed by atoms with Crippen molar-refractivity contribution >= 4 is 32.5 Å². The van der Waals surface area contributed by atoms with Crippen LogP contribution < -0.4 is 4.74 Å². The van der Waals surface area contributed by atoms with E-state index in [0.717, 1.165) is 30.3 Å². The van der Waals surface area contributed by atoms with E-state index in [4.69, 9.17) is 4.74 Å². The van der Waals surface area contributed by atoms with Gasteiger partial charge in [-0.25, -0.2) is 4.79 Å². The molecule has 2 N–H and O–H groups in total. The Morgan fingerprint density at radius 1 is 0.781 bits per heavy atom. The standard InChI is InChI=1S/C20H12O10S2/c21-11-12-1-3-13(4-2-12)20(23)30-15-6-8-17(19(10-15)32(27,28)29)16-7-5-14(22)9-18(16)31(24,25)26/h1-10H,(H,24,25,26)(H,27,28,29). The normalized spacial score (nSPS) is 11.7. The number of carbonyl (C=O) groups is 1. The number of ether oxygens (including phenoxy) is 1. The molecule has 0 spiro atoms. The molecule has 0 atom stereocenters. The van der Waals surface area contributed by atoms with E-state index in [2.05, 4.69) is 0 Å². The van der Waals surface area contributed by atoms with Crippen LogP contribution in [0, 0.1) is 0 Å². The Balaban J connectivity index is 2.09. The summed E-state index contributed by atoms with van der Waals surface area (Å²) >= 11 is 0. The quantitative estimate of drug-likeness (QED) is 0.308. The summed E-state index contributed by atoms with van der Waals surface area (Å²) in [7, 11) is -9.90. The lowest BCUT2D eigenvalue weighted by molar-refractivity contribution is 0.0734. The summed E-state index contributed by atoms with van der Waals surface area (Å²) in [5, 5.41) is 11.5. The smallest absolute Gasteiger partial charge is 0.343 e. The lowest BCUT2D eigenvalue weighted by Crippen LogP contribution is -2.10. The zero-order valence-corrected chi connectivity index (χ0v) is 17.4. The van der Waals surface area contributed by atoms with Crippen molar-refractivity contribution in [3.05, 3.63) is 71.8 Å². The van der Waals surface area contributed by atoms with E-state index in [1.54, 1.807) is 6.29 Å². The van der Waals surface area contributed by atoms with Crippen LogP contribution in [-0.4, -0.2) is 38.2 Å². The second kappa shape index (κ2) is 8.51. The molecule has 0 unspecified atom stereocenters. The van der Waals surface area contributed by atoms with Crippen molar-refractivity contribution in [1.29, 1.82) is 0 Å². The van der Waals surface area contributed by atoms with Crippen molar-refractivity contribution in [2.75, 3.05) is 0 Å². The topological polar surface area (TPSA) is 172 Å². The Morgan fingerprint density at radius 3 is 1.84 bits per heavy atom. The van der Waals surface area contributed by atoms with E-state index in [1.807, 2.05) is 0 Å². The molecule has 0 fully saturated rings. The number of esters is 1. The first-order valence-electron chi connectivity index (χ1n) is 8.51. The summed E-state index contributed by atoms with van der Waals surface area (Å²) in [6, 6.07) is 10.6. The molecule has 0 saturated carbocycles. The molecule has 0 bridgehead atoms.